The fourth-order valence-corrected chi connectivity index (χ4v) is 2.94. The molecule has 0 spiro atoms. The molecule has 7 nitrogen and oxygen atoms in total. The van der Waals surface area contributed by atoms with Crippen molar-refractivity contribution in [1.82, 2.24) is 9.97 Å². The van der Waals surface area contributed by atoms with E-state index >= 15 is 0 Å². The number of carbonyl (C=O) groups is 2. The molecule has 2 N–H and O–H groups in total. The maximum Gasteiger partial charge on any atom is 0.311 e. The number of anilines is 1. The zero-order valence-electron chi connectivity index (χ0n) is 13.8. The van der Waals surface area contributed by atoms with E-state index in [9.17, 15) is 18.8 Å². The number of thioether (sulfide) groups is 1. The van der Waals surface area contributed by atoms with Gasteiger partial charge in [-0.05, 0) is 25.1 Å². The number of aromatic nitrogens is 2. The minimum absolute atomic E-state index is 0.0714. The molecule has 0 radical (unpaired) electrons. The highest BCUT2D eigenvalue weighted by Gasteiger charge is 2.18. The van der Waals surface area contributed by atoms with Crippen LogP contribution in [-0.4, -0.2) is 34.2 Å². The fraction of sp³-hybridized carbons (Fsp3) is 0.250. The lowest BCUT2D eigenvalue weighted by Gasteiger charge is -2.12. The summed E-state index contributed by atoms with van der Waals surface area (Å²) in [5, 5.41) is 2.19. The van der Waals surface area contributed by atoms with Crippen LogP contribution in [-0.2, 0) is 20.7 Å². The fourth-order valence-electron chi connectivity index (χ4n) is 1.90. The number of nitrogens with zero attached hydrogens (tertiary/aromatic N) is 1. The van der Waals surface area contributed by atoms with Gasteiger partial charge in [0.25, 0.3) is 5.56 Å². The first kappa shape index (κ1) is 19.9. The van der Waals surface area contributed by atoms with Crippen molar-refractivity contribution in [3.63, 3.8) is 0 Å². The Hall–Kier alpha value is -2.39. The van der Waals surface area contributed by atoms with Crippen molar-refractivity contribution in [2.24, 2.45) is 0 Å². The van der Waals surface area contributed by atoms with Crippen LogP contribution in [0, 0.1) is 5.82 Å². The van der Waals surface area contributed by atoms with E-state index in [1.165, 1.54) is 25.3 Å². The van der Waals surface area contributed by atoms with Gasteiger partial charge in [0.15, 0.2) is 5.16 Å². The third-order valence-electron chi connectivity index (χ3n) is 3.17. The van der Waals surface area contributed by atoms with Gasteiger partial charge < -0.3 is 15.0 Å². The highest BCUT2D eigenvalue weighted by Crippen LogP contribution is 2.25. The Bertz CT molecular complexity index is 890. The Morgan fingerprint density at radius 1 is 1.42 bits per heavy atom. The first-order valence-corrected chi connectivity index (χ1v) is 8.64. The molecule has 1 aromatic carbocycles. The Morgan fingerprint density at radius 2 is 2.15 bits per heavy atom. The number of benzene rings is 1. The highest BCUT2D eigenvalue weighted by molar-refractivity contribution is 8.00. The van der Waals surface area contributed by atoms with Crippen LogP contribution in [0.2, 0.25) is 5.02 Å². The number of ether oxygens (including phenoxy) is 1. The first-order chi connectivity index (χ1) is 12.3. The second-order valence-corrected chi connectivity index (χ2v) is 6.90. The van der Waals surface area contributed by atoms with Gasteiger partial charge in [-0.1, -0.05) is 23.4 Å². The molecule has 0 bridgehead atoms. The van der Waals surface area contributed by atoms with Crippen LogP contribution in [0.3, 0.4) is 0 Å². The summed E-state index contributed by atoms with van der Waals surface area (Å²) in [6.07, 6.45) is -0.153. The smallest absolute Gasteiger partial charge is 0.311 e. The van der Waals surface area contributed by atoms with Gasteiger partial charge in [0.2, 0.25) is 5.91 Å². The molecule has 1 heterocycles. The van der Waals surface area contributed by atoms with Crippen LogP contribution in [0.4, 0.5) is 10.1 Å². The quantitative estimate of drug-likeness (QED) is 0.439. The molecular formula is C16H15ClFN3O4S. The van der Waals surface area contributed by atoms with Gasteiger partial charge in [-0.25, -0.2) is 9.37 Å². The van der Waals surface area contributed by atoms with E-state index in [0.29, 0.717) is 0 Å². The van der Waals surface area contributed by atoms with Crippen LogP contribution < -0.4 is 10.9 Å². The van der Waals surface area contributed by atoms with Crippen molar-refractivity contribution < 1.29 is 18.7 Å². The van der Waals surface area contributed by atoms with E-state index in [1.807, 2.05) is 0 Å². The number of methoxy groups -OCH3 is 1. The van der Waals surface area contributed by atoms with Crippen LogP contribution >= 0.6 is 23.4 Å². The molecular weight excluding hydrogens is 385 g/mol. The lowest BCUT2D eigenvalue weighted by Crippen LogP contribution is -2.23. The molecule has 0 aliphatic rings. The number of hydrogen-bond donors (Lipinski definition) is 2. The molecule has 0 saturated heterocycles. The molecule has 2 rings (SSSR count). The Morgan fingerprint density at radius 3 is 2.81 bits per heavy atom. The minimum Gasteiger partial charge on any atom is -0.469 e. The summed E-state index contributed by atoms with van der Waals surface area (Å²) in [4.78, 5) is 41.9. The van der Waals surface area contributed by atoms with E-state index in [4.69, 9.17) is 11.6 Å². The van der Waals surface area contributed by atoms with Gasteiger partial charge in [0, 0.05) is 6.07 Å². The highest BCUT2D eigenvalue weighted by atomic mass is 35.5. The van der Waals surface area contributed by atoms with Crippen LogP contribution in [0.25, 0.3) is 0 Å². The SMILES string of the molecule is COC(=O)Cc1cc(=O)[nH]c(SC(C)C(=O)Nc2ccc(F)cc2Cl)n1. The lowest BCUT2D eigenvalue weighted by molar-refractivity contribution is -0.139. The predicted octanol–water partition coefficient (Wildman–Crippen LogP) is 2.40. The third-order valence-corrected chi connectivity index (χ3v) is 4.47. The Balaban J connectivity index is 2.08. The largest absolute Gasteiger partial charge is 0.469 e. The summed E-state index contributed by atoms with van der Waals surface area (Å²) >= 11 is 6.87. The van der Waals surface area contributed by atoms with Crippen LogP contribution in [0.15, 0.2) is 34.2 Å². The average Bonchev–Trinajstić information content (AvgIpc) is 2.56. The van der Waals surface area contributed by atoms with Crippen LogP contribution in [0.1, 0.15) is 12.6 Å². The van der Waals surface area contributed by atoms with E-state index < -0.39 is 28.5 Å². The van der Waals surface area contributed by atoms with E-state index in [-0.39, 0.29) is 28.0 Å². The number of rotatable bonds is 6. The molecule has 0 aliphatic heterocycles. The van der Waals surface area contributed by atoms with Gasteiger partial charge in [-0.15, -0.1) is 0 Å². The summed E-state index contributed by atoms with van der Waals surface area (Å²) in [7, 11) is 1.23. The molecule has 138 valence electrons. The number of nitrogens with one attached hydrogen (secondary N) is 2. The normalized spacial score (nSPS) is 11.7. The molecule has 1 unspecified atom stereocenters. The van der Waals surface area contributed by atoms with Gasteiger partial charge in [-0.3, -0.25) is 14.4 Å². The zero-order chi connectivity index (χ0) is 19.3. The number of H-pyrrole nitrogens is 1. The van der Waals surface area contributed by atoms with Crippen molar-refractivity contribution in [2.45, 2.75) is 23.8 Å². The van der Waals surface area contributed by atoms with Crippen molar-refractivity contribution >= 4 is 40.9 Å². The van der Waals surface area contributed by atoms with Gasteiger partial charge in [0.05, 0.1) is 35.2 Å². The average molecular weight is 400 g/mol. The molecule has 0 fully saturated rings. The molecule has 0 saturated carbocycles. The van der Waals surface area contributed by atoms with Crippen molar-refractivity contribution in [2.75, 3.05) is 12.4 Å². The number of aromatic amines is 1. The van der Waals surface area contributed by atoms with Gasteiger partial charge in [0.1, 0.15) is 5.82 Å². The first-order valence-electron chi connectivity index (χ1n) is 7.38. The topological polar surface area (TPSA) is 101 Å². The second-order valence-electron chi connectivity index (χ2n) is 5.17. The molecule has 1 atom stereocenters. The summed E-state index contributed by atoms with van der Waals surface area (Å²) in [5.74, 6) is -1.46. The Kier molecular flexibility index (Phi) is 6.76. The molecule has 2 aromatic rings. The maximum absolute atomic E-state index is 13.0. The number of halogens is 2. The predicted molar refractivity (Wildman–Crippen MR) is 95.9 cm³/mol. The number of carbonyl (C=O) groups excluding carboxylic acids is 2. The van der Waals surface area contributed by atoms with E-state index in [2.05, 4.69) is 20.0 Å². The number of esters is 1. The number of amides is 1. The third kappa shape index (κ3) is 5.57. The van der Waals surface area contributed by atoms with Crippen molar-refractivity contribution in [3.8, 4) is 0 Å². The molecule has 10 heteroatoms. The van der Waals surface area contributed by atoms with Gasteiger partial charge >= 0.3 is 5.97 Å². The lowest BCUT2D eigenvalue weighted by atomic mass is 10.3. The molecule has 1 amide bonds. The molecule has 26 heavy (non-hydrogen) atoms. The monoisotopic (exact) mass is 399 g/mol. The van der Waals surface area contributed by atoms with Crippen LogP contribution in [0.5, 0.6) is 0 Å². The Labute approximate surface area is 157 Å². The van der Waals surface area contributed by atoms with Crippen molar-refractivity contribution in [1.29, 1.82) is 0 Å². The van der Waals surface area contributed by atoms with E-state index in [0.717, 1.165) is 17.8 Å². The number of hydrogen-bond acceptors (Lipinski definition) is 6. The van der Waals surface area contributed by atoms with E-state index in [1.54, 1.807) is 6.92 Å². The molecule has 0 aliphatic carbocycles. The van der Waals surface area contributed by atoms with Gasteiger partial charge in [-0.2, -0.15) is 0 Å². The standard InChI is InChI=1S/C16H15ClFN3O4S/c1-8(15(24)20-12-4-3-9(18)5-11(12)17)26-16-19-10(6-13(22)21-16)7-14(23)25-2/h3-6,8H,7H2,1-2H3,(H,20,24)(H,19,21,22). The summed E-state index contributed by atoms with van der Waals surface area (Å²) in [5.41, 5.74) is 0.0549. The summed E-state index contributed by atoms with van der Waals surface area (Å²) < 4.78 is 17.6. The molecule has 1 aromatic heterocycles. The summed E-state index contributed by atoms with van der Waals surface area (Å²) in [6.45, 7) is 1.60. The van der Waals surface area contributed by atoms with Crippen molar-refractivity contribution in [3.05, 3.63) is 51.2 Å². The summed E-state index contributed by atoms with van der Waals surface area (Å²) in [6, 6.07) is 4.80. The zero-order valence-corrected chi connectivity index (χ0v) is 15.4. The minimum atomic E-state index is -0.646. The second kappa shape index (κ2) is 8.81. The maximum atomic E-state index is 13.0.